The third-order valence-corrected chi connectivity index (χ3v) is 3.66. The maximum absolute atomic E-state index is 6.00. The van der Waals surface area contributed by atoms with E-state index in [-0.39, 0.29) is 0 Å². The molecule has 0 atom stereocenters. The van der Waals surface area contributed by atoms with Crippen molar-refractivity contribution in [3.63, 3.8) is 0 Å². The van der Waals surface area contributed by atoms with Crippen molar-refractivity contribution in [2.75, 3.05) is 11.4 Å². The fourth-order valence-electron chi connectivity index (χ4n) is 2.30. The third-order valence-electron chi connectivity index (χ3n) is 3.35. The number of nitrogens with zero attached hydrogens (tertiary/aromatic N) is 2. The number of aryl methyl sites for hydroxylation is 2. The Labute approximate surface area is 126 Å². The van der Waals surface area contributed by atoms with Gasteiger partial charge in [-0.15, -0.1) is 11.6 Å². The van der Waals surface area contributed by atoms with Crippen molar-refractivity contribution >= 4 is 23.1 Å². The molecule has 2 aromatic rings. The van der Waals surface area contributed by atoms with Crippen LogP contribution in [0.2, 0.25) is 0 Å². The quantitative estimate of drug-likeness (QED) is 0.731. The van der Waals surface area contributed by atoms with Crippen LogP contribution < -0.4 is 4.90 Å². The Morgan fingerprint density at radius 2 is 1.95 bits per heavy atom. The van der Waals surface area contributed by atoms with Gasteiger partial charge >= 0.3 is 0 Å². The van der Waals surface area contributed by atoms with Gasteiger partial charge in [0.25, 0.3) is 0 Å². The summed E-state index contributed by atoms with van der Waals surface area (Å²) in [5, 5.41) is 0. The molecule has 2 nitrogen and oxygen atoms in total. The standard InChI is InChI=1S/C17H21ClN2/c1-4-15-10-14(12-18)11-17(19-15)20(5-2)16-8-6-7-13(3)9-16/h6-11H,4-5,12H2,1-3H3. The molecule has 0 amide bonds. The van der Waals surface area contributed by atoms with Gasteiger partial charge in [-0.2, -0.15) is 0 Å². The smallest absolute Gasteiger partial charge is 0.133 e. The highest BCUT2D eigenvalue weighted by Crippen LogP contribution is 2.26. The molecule has 0 N–H and O–H groups in total. The van der Waals surface area contributed by atoms with E-state index in [9.17, 15) is 0 Å². The SMILES string of the molecule is CCc1cc(CCl)cc(N(CC)c2cccc(C)c2)n1. The van der Waals surface area contributed by atoms with Gasteiger partial charge in [0.15, 0.2) is 0 Å². The fraction of sp³-hybridized carbons (Fsp3) is 0.353. The molecule has 1 aromatic carbocycles. The van der Waals surface area contributed by atoms with Crippen LogP contribution in [0.25, 0.3) is 0 Å². The number of hydrogen-bond donors (Lipinski definition) is 0. The molecule has 0 aliphatic heterocycles. The highest BCUT2D eigenvalue weighted by molar-refractivity contribution is 6.17. The Bertz CT molecular complexity index is 559. The first kappa shape index (κ1) is 14.9. The van der Waals surface area contributed by atoms with Crippen LogP contribution in [0.5, 0.6) is 0 Å². The van der Waals surface area contributed by atoms with Crippen molar-refractivity contribution in [1.29, 1.82) is 0 Å². The molecule has 0 spiro atoms. The largest absolute Gasteiger partial charge is 0.327 e. The summed E-state index contributed by atoms with van der Waals surface area (Å²) in [4.78, 5) is 6.97. The normalized spacial score (nSPS) is 10.6. The predicted octanol–water partition coefficient (Wildman–Crippen LogP) is 4.85. The minimum Gasteiger partial charge on any atom is -0.327 e. The summed E-state index contributed by atoms with van der Waals surface area (Å²) in [6.45, 7) is 7.25. The Morgan fingerprint density at radius 3 is 2.55 bits per heavy atom. The number of hydrogen-bond acceptors (Lipinski definition) is 2. The van der Waals surface area contributed by atoms with Gasteiger partial charge < -0.3 is 4.90 Å². The first-order chi connectivity index (χ1) is 9.67. The number of halogens is 1. The first-order valence-electron chi connectivity index (χ1n) is 7.08. The molecule has 1 heterocycles. The van der Waals surface area contributed by atoms with Gasteiger partial charge in [0.05, 0.1) is 0 Å². The van der Waals surface area contributed by atoms with Gasteiger partial charge in [-0.3, -0.25) is 0 Å². The molecule has 0 bridgehead atoms. The molecule has 0 unspecified atom stereocenters. The molecule has 0 aliphatic rings. The van der Waals surface area contributed by atoms with Crippen molar-refractivity contribution in [2.24, 2.45) is 0 Å². The van der Waals surface area contributed by atoms with Gasteiger partial charge in [-0.25, -0.2) is 4.98 Å². The summed E-state index contributed by atoms with van der Waals surface area (Å²) >= 11 is 6.00. The highest BCUT2D eigenvalue weighted by Gasteiger charge is 2.11. The van der Waals surface area contributed by atoms with E-state index in [2.05, 4.69) is 62.1 Å². The lowest BCUT2D eigenvalue weighted by Gasteiger charge is -2.23. The molecule has 3 heteroatoms. The molecular formula is C17H21ClN2. The zero-order valence-corrected chi connectivity index (χ0v) is 13.1. The molecule has 0 aliphatic carbocycles. The molecule has 2 rings (SSSR count). The Hall–Kier alpha value is -1.54. The summed E-state index contributed by atoms with van der Waals surface area (Å²) in [7, 11) is 0. The monoisotopic (exact) mass is 288 g/mol. The molecule has 106 valence electrons. The lowest BCUT2D eigenvalue weighted by atomic mass is 10.1. The van der Waals surface area contributed by atoms with E-state index < -0.39 is 0 Å². The number of rotatable bonds is 5. The molecule has 20 heavy (non-hydrogen) atoms. The van der Waals surface area contributed by atoms with Gasteiger partial charge in [-0.1, -0.05) is 19.1 Å². The van der Waals surface area contributed by atoms with Crippen LogP contribution >= 0.6 is 11.6 Å². The molecule has 0 saturated heterocycles. The molecule has 1 aromatic heterocycles. The van der Waals surface area contributed by atoms with Crippen molar-refractivity contribution in [3.05, 3.63) is 53.2 Å². The zero-order chi connectivity index (χ0) is 14.5. The van der Waals surface area contributed by atoms with Crippen LogP contribution in [0.3, 0.4) is 0 Å². The van der Waals surface area contributed by atoms with Gasteiger partial charge in [0.2, 0.25) is 0 Å². The number of aromatic nitrogens is 1. The molecule has 0 fully saturated rings. The zero-order valence-electron chi connectivity index (χ0n) is 12.4. The van der Waals surface area contributed by atoms with E-state index in [1.165, 1.54) is 11.3 Å². The van der Waals surface area contributed by atoms with Crippen LogP contribution in [0.4, 0.5) is 11.5 Å². The topological polar surface area (TPSA) is 16.1 Å². The van der Waals surface area contributed by atoms with Crippen LogP contribution in [0.1, 0.15) is 30.7 Å². The van der Waals surface area contributed by atoms with Gasteiger partial charge in [0, 0.05) is 23.8 Å². The van der Waals surface area contributed by atoms with Crippen molar-refractivity contribution < 1.29 is 0 Å². The van der Waals surface area contributed by atoms with E-state index in [0.29, 0.717) is 5.88 Å². The summed E-state index contributed by atoms with van der Waals surface area (Å²) in [5.74, 6) is 1.50. The average molecular weight is 289 g/mol. The highest BCUT2D eigenvalue weighted by atomic mass is 35.5. The van der Waals surface area contributed by atoms with Crippen molar-refractivity contribution in [1.82, 2.24) is 4.98 Å². The van der Waals surface area contributed by atoms with E-state index >= 15 is 0 Å². The van der Waals surface area contributed by atoms with Crippen molar-refractivity contribution in [2.45, 2.75) is 33.1 Å². The molecule has 0 radical (unpaired) electrons. The van der Waals surface area contributed by atoms with Gasteiger partial charge in [-0.05, 0) is 55.7 Å². The first-order valence-corrected chi connectivity index (χ1v) is 7.61. The van der Waals surface area contributed by atoms with E-state index in [1.807, 2.05) is 0 Å². The Kier molecular flexibility index (Phi) is 5.02. The predicted molar refractivity (Wildman–Crippen MR) is 87.0 cm³/mol. The number of anilines is 2. The lowest BCUT2D eigenvalue weighted by Crippen LogP contribution is -2.18. The second kappa shape index (κ2) is 6.76. The molecule has 0 saturated carbocycles. The average Bonchev–Trinajstić information content (AvgIpc) is 2.47. The van der Waals surface area contributed by atoms with Crippen LogP contribution in [-0.2, 0) is 12.3 Å². The third kappa shape index (κ3) is 3.31. The number of pyridine rings is 1. The maximum Gasteiger partial charge on any atom is 0.133 e. The summed E-state index contributed by atoms with van der Waals surface area (Å²) in [6, 6.07) is 12.7. The minimum absolute atomic E-state index is 0.522. The summed E-state index contributed by atoms with van der Waals surface area (Å²) in [5.41, 5.74) is 4.64. The maximum atomic E-state index is 6.00. The van der Waals surface area contributed by atoms with Gasteiger partial charge in [0.1, 0.15) is 5.82 Å². The number of benzene rings is 1. The van der Waals surface area contributed by atoms with Crippen LogP contribution in [0, 0.1) is 6.92 Å². The lowest BCUT2D eigenvalue weighted by molar-refractivity contribution is 0.947. The summed E-state index contributed by atoms with van der Waals surface area (Å²) < 4.78 is 0. The second-order valence-corrected chi connectivity index (χ2v) is 5.16. The minimum atomic E-state index is 0.522. The Balaban J connectivity index is 2.45. The second-order valence-electron chi connectivity index (χ2n) is 4.90. The fourth-order valence-corrected chi connectivity index (χ4v) is 2.46. The Morgan fingerprint density at radius 1 is 1.15 bits per heavy atom. The van der Waals surface area contributed by atoms with E-state index in [4.69, 9.17) is 16.6 Å². The number of alkyl halides is 1. The molecular weight excluding hydrogens is 268 g/mol. The van der Waals surface area contributed by atoms with Crippen LogP contribution in [0.15, 0.2) is 36.4 Å². The van der Waals surface area contributed by atoms with E-state index in [1.54, 1.807) is 0 Å². The van der Waals surface area contributed by atoms with Crippen molar-refractivity contribution in [3.8, 4) is 0 Å². The van der Waals surface area contributed by atoms with Crippen LogP contribution in [-0.4, -0.2) is 11.5 Å². The van der Waals surface area contributed by atoms with E-state index in [0.717, 1.165) is 30.0 Å². The summed E-state index contributed by atoms with van der Waals surface area (Å²) in [6.07, 6.45) is 0.920.